The van der Waals surface area contributed by atoms with Crippen molar-refractivity contribution in [2.45, 2.75) is 31.9 Å². The van der Waals surface area contributed by atoms with Gasteiger partial charge in [0, 0.05) is 37.7 Å². The van der Waals surface area contributed by atoms with E-state index in [0.29, 0.717) is 12.6 Å². The number of hydrogen-bond donors (Lipinski definition) is 1. The molecule has 0 aliphatic carbocycles. The van der Waals surface area contributed by atoms with E-state index in [0.717, 1.165) is 19.5 Å². The zero-order valence-corrected chi connectivity index (χ0v) is 11.5. The summed E-state index contributed by atoms with van der Waals surface area (Å²) in [6, 6.07) is 2.81. The molecule has 0 aromatic carbocycles. The average Bonchev–Trinajstić information content (AvgIpc) is 2.82. The van der Waals surface area contributed by atoms with Crippen LogP contribution < -0.4 is 5.73 Å². The Balaban J connectivity index is 1.91. The molecule has 2 rings (SSSR count). The van der Waals surface area contributed by atoms with Crippen LogP contribution in [0.5, 0.6) is 0 Å². The predicted octanol–water partition coefficient (Wildman–Crippen LogP) is 2.03. The molecule has 2 unspecified atom stereocenters. The fraction of sp³-hybridized carbons (Fsp3) is 0.692. The highest BCUT2D eigenvalue weighted by Crippen LogP contribution is 2.32. The third-order valence-corrected chi connectivity index (χ3v) is 4.73. The molecule has 0 fully saturated rings. The molecule has 0 saturated heterocycles. The topological polar surface area (TPSA) is 38.5 Å². The Morgan fingerprint density at radius 2 is 2.47 bits per heavy atom. The van der Waals surface area contributed by atoms with Gasteiger partial charge < -0.3 is 10.5 Å². The van der Waals surface area contributed by atoms with Gasteiger partial charge >= 0.3 is 0 Å². The van der Waals surface area contributed by atoms with Crippen LogP contribution in [0.25, 0.3) is 0 Å². The number of nitrogens with two attached hydrogens (primary N) is 1. The van der Waals surface area contributed by atoms with Gasteiger partial charge in [-0.3, -0.25) is 4.90 Å². The highest BCUT2D eigenvalue weighted by Gasteiger charge is 2.24. The first-order valence-electron chi connectivity index (χ1n) is 6.29. The van der Waals surface area contributed by atoms with Crippen molar-refractivity contribution in [2.75, 3.05) is 26.7 Å². The minimum absolute atomic E-state index is 0.200. The number of hydrogen-bond acceptors (Lipinski definition) is 4. The predicted molar refractivity (Wildman–Crippen MR) is 72.5 cm³/mol. The Morgan fingerprint density at radius 3 is 3.18 bits per heavy atom. The molecule has 2 N–H and O–H groups in total. The Morgan fingerprint density at radius 1 is 1.65 bits per heavy atom. The van der Waals surface area contributed by atoms with Crippen molar-refractivity contribution in [3.8, 4) is 0 Å². The third-order valence-electron chi connectivity index (χ3n) is 3.74. The standard InChI is InChI=1S/C13H22N2OS/c1-10-12-5-8-17-13(12)4-7-15(10)6-3-11(9-14)16-2/h5,8,10-11H,3-4,6-7,9,14H2,1-2H3. The van der Waals surface area contributed by atoms with Gasteiger partial charge in [-0.15, -0.1) is 11.3 Å². The fourth-order valence-corrected chi connectivity index (χ4v) is 3.47. The number of ether oxygens (including phenoxy) is 1. The molecule has 2 atom stereocenters. The van der Waals surface area contributed by atoms with E-state index in [1.807, 2.05) is 11.3 Å². The highest BCUT2D eigenvalue weighted by atomic mass is 32.1. The minimum Gasteiger partial charge on any atom is -0.380 e. The molecule has 2 heterocycles. The summed E-state index contributed by atoms with van der Waals surface area (Å²) >= 11 is 1.89. The van der Waals surface area contributed by atoms with Crippen molar-refractivity contribution in [2.24, 2.45) is 5.73 Å². The van der Waals surface area contributed by atoms with Gasteiger partial charge in [0.25, 0.3) is 0 Å². The summed E-state index contributed by atoms with van der Waals surface area (Å²) in [5.74, 6) is 0. The fourth-order valence-electron chi connectivity index (χ4n) is 2.51. The number of fused-ring (bicyclic) bond motifs is 1. The van der Waals surface area contributed by atoms with Crippen molar-refractivity contribution < 1.29 is 4.74 Å². The monoisotopic (exact) mass is 254 g/mol. The second kappa shape index (κ2) is 5.96. The zero-order valence-electron chi connectivity index (χ0n) is 10.7. The van der Waals surface area contributed by atoms with Crippen molar-refractivity contribution in [1.29, 1.82) is 0 Å². The van der Waals surface area contributed by atoms with Crippen molar-refractivity contribution in [3.63, 3.8) is 0 Å². The van der Waals surface area contributed by atoms with Gasteiger partial charge in [-0.25, -0.2) is 0 Å². The summed E-state index contributed by atoms with van der Waals surface area (Å²) in [4.78, 5) is 4.10. The second-order valence-corrected chi connectivity index (χ2v) is 5.64. The Bertz CT molecular complexity index is 349. The van der Waals surface area contributed by atoms with E-state index in [2.05, 4.69) is 23.3 Å². The molecule has 17 heavy (non-hydrogen) atoms. The van der Waals surface area contributed by atoms with E-state index in [9.17, 15) is 0 Å². The molecule has 1 aromatic heterocycles. The number of nitrogens with zero attached hydrogens (tertiary/aromatic N) is 1. The van der Waals surface area contributed by atoms with E-state index >= 15 is 0 Å². The first-order chi connectivity index (χ1) is 8.26. The normalized spacial score (nSPS) is 22.4. The lowest BCUT2D eigenvalue weighted by Gasteiger charge is -2.34. The van der Waals surface area contributed by atoms with Crippen LogP contribution in [0.3, 0.4) is 0 Å². The first kappa shape index (κ1) is 13.0. The molecule has 0 spiro atoms. The zero-order chi connectivity index (χ0) is 12.3. The third kappa shape index (κ3) is 2.88. The number of thiophene rings is 1. The molecule has 0 bridgehead atoms. The molecule has 3 nitrogen and oxygen atoms in total. The molecule has 1 aromatic rings. The molecule has 0 saturated carbocycles. The van der Waals surface area contributed by atoms with Crippen molar-refractivity contribution >= 4 is 11.3 Å². The summed E-state index contributed by atoms with van der Waals surface area (Å²) in [5.41, 5.74) is 7.17. The molecule has 96 valence electrons. The van der Waals surface area contributed by atoms with Gasteiger partial charge in [0.15, 0.2) is 0 Å². The van der Waals surface area contributed by atoms with E-state index < -0.39 is 0 Å². The van der Waals surface area contributed by atoms with E-state index in [1.54, 1.807) is 12.0 Å². The van der Waals surface area contributed by atoms with Gasteiger partial charge in [-0.05, 0) is 36.8 Å². The lowest BCUT2D eigenvalue weighted by Crippen LogP contribution is -2.36. The summed E-state index contributed by atoms with van der Waals surface area (Å²) in [5, 5.41) is 2.21. The van der Waals surface area contributed by atoms with E-state index in [4.69, 9.17) is 10.5 Å². The Hall–Kier alpha value is -0.420. The number of methoxy groups -OCH3 is 1. The Labute approximate surface area is 108 Å². The van der Waals surface area contributed by atoms with Crippen LogP contribution in [0.4, 0.5) is 0 Å². The SMILES string of the molecule is COC(CN)CCN1CCc2sccc2C1C. The minimum atomic E-state index is 0.200. The van der Waals surface area contributed by atoms with Gasteiger partial charge in [0.1, 0.15) is 0 Å². The van der Waals surface area contributed by atoms with Crippen LogP contribution in [-0.2, 0) is 11.2 Å². The van der Waals surface area contributed by atoms with Crippen LogP contribution >= 0.6 is 11.3 Å². The van der Waals surface area contributed by atoms with Crippen LogP contribution in [0.2, 0.25) is 0 Å². The summed E-state index contributed by atoms with van der Waals surface area (Å²) in [6.45, 7) is 5.15. The maximum atomic E-state index is 5.65. The number of rotatable bonds is 5. The molecule has 1 aliphatic rings. The van der Waals surface area contributed by atoms with Crippen LogP contribution in [0, 0.1) is 0 Å². The van der Waals surface area contributed by atoms with E-state index in [-0.39, 0.29) is 6.10 Å². The summed E-state index contributed by atoms with van der Waals surface area (Å²) in [7, 11) is 1.74. The van der Waals surface area contributed by atoms with Crippen LogP contribution in [0.1, 0.15) is 29.8 Å². The molecular formula is C13H22N2OS. The van der Waals surface area contributed by atoms with Crippen LogP contribution in [0.15, 0.2) is 11.4 Å². The van der Waals surface area contributed by atoms with Crippen LogP contribution in [-0.4, -0.2) is 37.7 Å². The van der Waals surface area contributed by atoms with Crippen molar-refractivity contribution in [3.05, 3.63) is 21.9 Å². The van der Waals surface area contributed by atoms with Gasteiger partial charge in [-0.2, -0.15) is 0 Å². The van der Waals surface area contributed by atoms with Gasteiger partial charge in [0.05, 0.1) is 6.10 Å². The summed E-state index contributed by atoms with van der Waals surface area (Å²) < 4.78 is 5.33. The smallest absolute Gasteiger partial charge is 0.0705 e. The first-order valence-corrected chi connectivity index (χ1v) is 7.17. The second-order valence-electron chi connectivity index (χ2n) is 4.64. The highest BCUT2D eigenvalue weighted by molar-refractivity contribution is 7.10. The van der Waals surface area contributed by atoms with E-state index in [1.165, 1.54) is 12.0 Å². The molecule has 0 radical (unpaired) electrons. The quantitative estimate of drug-likeness (QED) is 0.874. The van der Waals surface area contributed by atoms with Crippen molar-refractivity contribution in [1.82, 2.24) is 4.90 Å². The van der Waals surface area contributed by atoms with Gasteiger partial charge in [0.2, 0.25) is 0 Å². The lowest BCUT2D eigenvalue weighted by molar-refractivity contribution is 0.0814. The Kier molecular flexibility index (Phi) is 4.56. The maximum absolute atomic E-state index is 5.65. The average molecular weight is 254 g/mol. The molecule has 4 heteroatoms. The molecular weight excluding hydrogens is 232 g/mol. The molecule has 1 aliphatic heterocycles. The summed E-state index contributed by atoms with van der Waals surface area (Å²) in [6.07, 6.45) is 2.42. The lowest BCUT2D eigenvalue weighted by atomic mass is 10.0. The van der Waals surface area contributed by atoms with Gasteiger partial charge in [-0.1, -0.05) is 0 Å². The largest absolute Gasteiger partial charge is 0.380 e. The maximum Gasteiger partial charge on any atom is 0.0705 e. The molecule has 0 amide bonds.